The smallest absolute Gasteiger partial charge is 0.339 e. The number of phenols is 1. The second-order valence-electron chi connectivity index (χ2n) is 6.21. The fourth-order valence-corrected chi connectivity index (χ4v) is 2.53. The molecule has 0 aliphatic carbocycles. The third-order valence-electron chi connectivity index (χ3n) is 4.16. The summed E-state index contributed by atoms with van der Waals surface area (Å²) in [4.78, 5) is 38.8. The van der Waals surface area contributed by atoms with Crippen LogP contribution in [0.15, 0.2) is 27.4 Å². The van der Waals surface area contributed by atoms with E-state index in [2.05, 4.69) is 0 Å². The predicted octanol–water partition coefficient (Wildman–Crippen LogP) is 1.29. The summed E-state index contributed by atoms with van der Waals surface area (Å²) in [5.41, 5.74) is 0.951. The molecule has 1 heterocycles. The maximum Gasteiger partial charge on any atom is 0.339 e. The Morgan fingerprint density at radius 2 is 1.84 bits per heavy atom. The van der Waals surface area contributed by atoms with Crippen molar-refractivity contribution >= 4 is 22.8 Å². The van der Waals surface area contributed by atoms with Crippen LogP contribution in [0.25, 0.3) is 11.0 Å². The molecule has 134 valence electrons. The van der Waals surface area contributed by atoms with E-state index in [1.54, 1.807) is 34.1 Å². The lowest BCUT2D eigenvalue weighted by Crippen LogP contribution is -2.38. The van der Waals surface area contributed by atoms with E-state index >= 15 is 0 Å². The average molecular weight is 346 g/mol. The van der Waals surface area contributed by atoms with Crippen molar-refractivity contribution in [3.8, 4) is 5.75 Å². The molecule has 0 radical (unpaired) electrons. The first-order valence-electron chi connectivity index (χ1n) is 7.90. The van der Waals surface area contributed by atoms with Gasteiger partial charge in [0.15, 0.2) is 0 Å². The molecule has 0 aliphatic heterocycles. The minimum atomic E-state index is -0.518. The van der Waals surface area contributed by atoms with E-state index in [9.17, 15) is 19.5 Å². The third-order valence-corrected chi connectivity index (χ3v) is 4.16. The summed E-state index contributed by atoms with van der Waals surface area (Å²) in [6, 6.07) is 4.58. The third kappa shape index (κ3) is 4.17. The molecule has 2 rings (SSSR count). The maximum absolute atomic E-state index is 12.2. The molecule has 0 saturated heterocycles. The van der Waals surface area contributed by atoms with E-state index in [1.807, 2.05) is 0 Å². The minimum absolute atomic E-state index is 0.00355. The zero-order valence-corrected chi connectivity index (χ0v) is 14.8. The highest BCUT2D eigenvalue weighted by Gasteiger charge is 2.17. The summed E-state index contributed by atoms with van der Waals surface area (Å²) >= 11 is 0. The van der Waals surface area contributed by atoms with Gasteiger partial charge in [-0.05, 0) is 31.0 Å². The highest BCUT2D eigenvalue weighted by Crippen LogP contribution is 2.23. The first-order valence-corrected chi connectivity index (χ1v) is 7.90. The second-order valence-corrected chi connectivity index (χ2v) is 6.21. The lowest BCUT2D eigenvalue weighted by Gasteiger charge is -2.19. The van der Waals surface area contributed by atoms with Gasteiger partial charge in [-0.25, -0.2) is 4.79 Å². The lowest BCUT2D eigenvalue weighted by atomic mass is 10.0. The van der Waals surface area contributed by atoms with Gasteiger partial charge in [0.25, 0.3) is 0 Å². The number of nitrogens with zero attached hydrogens (tertiary/aromatic N) is 2. The highest BCUT2D eigenvalue weighted by molar-refractivity contribution is 5.85. The molecule has 0 aliphatic rings. The molecule has 0 atom stereocenters. The van der Waals surface area contributed by atoms with Gasteiger partial charge in [-0.3, -0.25) is 9.59 Å². The van der Waals surface area contributed by atoms with Gasteiger partial charge in [0.1, 0.15) is 11.3 Å². The normalized spacial score (nSPS) is 10.7. The molecule has 0 fully saturated rings. The van der Waals surface area contributed by atoms with E-state index < -0.39 is 5.63 Å². The van der Waals surface area contributed by atoms with Gasteiger partial charge in [-0.2, -0.15) is 0 Å². The quantitative estimate of drug-likeness (QED) is 0.824. The van der Waals surface area contributed by atoms with Crippen LogP contribution in [0.5, 0.6) is 5.75 Å². The van der Waals surface area contributed by atoms with Gasteiger partial charge in [-0.15, -0.1) is 0 Å². The molecule has 0 spiro atoms. The molecule has 1 aromatic carbocycles. The Bertz CT molecular complexity index is 870. The van der Waals surface area contributed by atoms with Crippen molar-refractivity contribution in [2.45, 2.75) is 19.8 Å². The van der Waals surface area contributed by atoms with Gasteiger partial charge >= 0.3 is 5.63 Å². The number of amides is 2. The van der Waals surface area contributed by atoms with E-state index in [0.717, 1.165) is 10.9 Å². The van der Waals surface area contributed by atoms with Crippen LogP contribution < -0.4 is 5.63 Å². The summed E-state index contributed by atoms with van der Waals surface area (Å²) in [6.45, 7) is 1.78. The number of carbonyl (C=O) groups excluding carboxylic acids is 2. The molecule has 0 bridgehead atoms. The molecule has 0 unspecified atom stereocenters. The fraction of sp³-hybridized carbons (Fsp3) is 0.389. The number of carbonyl (C=O) groups is 2. The zero-order chi connectivity index (χ0) is 18.7. The Balaban J connectivity index is 2.15. The topological polar surface area (TPSA) is 91.1 Å². The minimum Gasteiger partial charge on any atom is -0.508 e. The molecule has 1 aromatic heterocycles. The second kappa shape index (κ2) is 7.38. The number of rotatable bonds is 5. The van der Waals surface area contributed by atoms with Crippen LogP contribution in [0.3, 0.4) is 0 Å². The van der Waals surface area contributed by atoms with Crippen LogP contribution in [-0.4, -0.2) is 54.4 Å². The number of phenolic OH excluding ortho intramolecular Hbond substituents is 1. The van der Waals surface area contributed by atoms with E-state index in [1.165, 1.54) is 21.9 Å². The van der Waals surface area contributed by atoms with Gasteiger partial charge in [-0.1, -0.05) is 0 Å². The molecule has 2 aromatic rings. The van der Waals surface area contributed by atoms with Crippen molar-refractivity contribution in [2.24, 2.45) is 0 Å². The van der Waals surface area contributed by atoms with E-state index in [-0.39, 0.29) is 37.0 Å². The predicted molar refractivity (Wildman–Crippen MR) is 93.5 cm³/mol. The summed E-state index contributed by atoms with van der Waals surface area (Å²) in [5, 5.41) is 10.2. The average Bonchev–Trinajstić information content (AvgIpc) is 2.53. The highest BCUT2D eigenvalue weighted by atomic mass is 16.4. The van der Waals surface area contributed by atoms with Crippen molar-refractivity contribution in [3.05, 3.63) is 39.7 Å². The first kappa shape index (κ1) is 18.5. The Kier molecular flexibility index (Phi) is 5.46. The summed E-state index contributed by atoms with van der Waals surface area (Å²) in [7, 11) is 4.81. The number of hydrogen-bond acceptors (Lipinski definition) is 5. The van der Waals surface area contributed by atoms with E-state index in [4.69, 9.17) is 4.42 Å². The first-order chi connectivity index (χ1) is 11.7. The Hall–Kier alpha value is -2.83. The van der Waals surface area contributed by atoms with Gasteiger partial charge in [0.2, 0.25) is 11.8 Å². The van der Waals surface area contributed by atoms with Crippen LogP contribution in [0.1, 0.15) is 17.5 Å². The molecular weight excluding hydrogens is 324 g/mol. The molecule has 0 saturated carbocycles. The van der Waals surface area contributed by atoms with Crippen molar-refractivity contribution in [1.29, 1.82) is 0 Å². The zero-order valence-electron chi connectivity index (χ0n) is 14.8. The molecule has 1 N–H and O–H groups in total. The van der Waals surface area contributed by atoms with Gasteiger partial charge in [0, 0.05) is 44.6 Å². The van der Waals surface area contributed by atoms with Crippen LogP contribution in [0.2, 0.25) is 0 Å². The van der Waals surface area contributed by atoms with Crippen molar-refractivity contribution < 1.29 is 19.1 Å². The number of likely N-dealkylation sites (N-methyl/N-ethyl adjacent to an activating group) is 2. The van der Waals surface area contributed by atoms with Crippen LogP contribution in [-0.2, 0) is 16.0 Å². The molecule has 7 heteroatoms. The number of benzene rings is 1. The maximum atomic E-state index is 12.2. The summed E-state index contributed by atoms with van der Waals surface area (Å²) in [5.74, 6) is -0.373. The van der Waals surface area contributed by atoms with Crippen molar-refractivity contribution in [1.82, 2.24) is 9.80 Å². The van der Waals surface area contributed by atoms with Crippen LogP contribution in [0.4, 0.5) is 0 Å². The monoisotopic (exact) mass is 346 g/mol. The summed E-state index contributed by atoms with van der Waals surface area (Å²) in [6.07, 6.45) is 0.330. The Morgan fingerprint density at radius 1 is 1.16 bits per heavy atom. The number of hydrogen-bond donors (Lipinski definition) is 1. The van der Waals surface area contributed by atoms with Gasteiger partial charge < -0.3 is 19.3 Å². The number of aryl methyl sites for hydroxylation is 1. The lowest BCUT2D eigenvalue weighted by molar-refractivity contribution is -0.137. The van der Waals surface area contributed by atoms with Crippen molar-refractivity contribution in [2.75, 3.05) is 27.7 Å². The SMILES string of the molecule is Cc1c(CCC(=O)N(C)CC(=O)N(C)C)c(=O)oc2cc(O)ccc12. The molecular formula is C18H22N2O5. The Labute approximate surface area is 145 Å². The molecule has 7 nitrogen and oxygen atoms in total. The van der Waals surface area contributed by atoms with E-state index in [0.29, 0.717) is 11.1 Å². The van der Waals surface area contributed by atoms with Crippen molar-refractivity contribution in [3.63, 3.8) is 0 Å². The standard InChI is InChI=1S/C18H22N2O5/c1-11-13-6-5-12(21)9-15(13)25-18(24)14(11)7-8-16(22)20(4)10-17(23)19(2)3/h5-6,9,21H,7-8,10H2,1-4H3. The summed E-state index contributed by atoms with van der Waals surface area (Å²) < 4.78 is 5.24. The largest absolute Gasteiger partial charge is 0.508 e. The van der Waals surface area contributed by atoms with Gasteiger partial charge in [0.05, 0.1) is 6.54 Å². The van der Waals surface area contributed by atoms with Crippen LogP contribution in [0, 0.1) is 6.92 Å². The fourth-order valence-electron chi connectivity index (χ4n) is 2.53. The van der Waals surface area contributed by atoms with Crippen LogP contribution >= 0.6 is 0 Å². The molecule has 25 heavy (non-hydrogen) atoms. The Morgan fingerprint density at radius 3 is 2.48 bits per heavy atom. The number of aromatic hydroxyl groups is 1. The molecule has 2 amide bonds. The number of fused-ring (bicyclic) bond motifs is 1.